The maximum absolute atomic E-state index is 13.0. The van der Waals surface area contributed by atoms with Crippen molar-refractivity contribution >= 4 is 23.2 Å². The summed E-state index contributed by atoms with van der Waals surface area (Å²) < 4.78 is 7.51. The van der Waals surface area contributed by atoms with Gasteiger partial charge in [-0.25, -0.2) is 4.98 Å². The maximum atomic E-state index is 13.0. The Labute approximate surface area is 197 Å². The van der Waals surface area contributed by atoms with Crippen LogP contribution in [0, 0.1) is 11.8 Å². The van der Waals surface area contributed by atoms with E-state index in [1.807, 2.05) is 22.8 Å². The first-order valence-electron chi connectivity index (χ1n) is 11.8. The van der Waals surface area contributed by atoms with Crippen molar-refractivity contribution in [2.75, 3.05) is 19.0 Å². The zero-order valence-corrected chi connectivity index (χ0v) is 20.8. The summed E-state index contributed by atoms with van der Waals surface area (Å²) in [5.41, 5.74) is 2.03. The number of carbonyl (C=O) groups excluding carboxylic acids is 1. The fourth-order valence-electron chi connectivity index (χ4n) is 4.36. The first-order valence-corrected chi connectivity index (χ1v) is 12.2. The average Bonchev–Trinajstić information content (AvgIpc) is 3.08. The number of rotatable bonds is 9. The summed E-state index contributed by atoms with van der Waals surface area (Å²) in [6.45, 7) is 9.24. The van der Waals surface area contributed by atoms with Crippen molar-refractivity contribution in [3.63, 3.8) is 0 Å². The van der Waals surface area contributed by atoms with Crippen molar-refractivity contribution in [1.29, 1.82) is 0 Å². The van der Waals surface area contributed by atoms with Gasteiger partial charge in [0.05, 0.1) is 12.8 Å². The number of nitrogens with one attached hydrogen (secondary N) is 2. The van der Waals surface area contributed by atoms with E-state index < -0.39 is 0 Å². The summed E-state index contributed by atoms with van der Waals surface area (Å²) in [6.07, 6.45) is 6.40. The molecule has 0 radical (unpaired) electrons. The Morgan fingerprint density at radius 2 is 2.00 bits per heavy atom. The van der Waals surface area contributed by atoms with Gasteiger partial charge in [0.15, 0.2) is 5.69 Å². The van der Waals surface area contributed by atoms with Crippen LogP contribution in [0.15, 0.2) is 18.2 Å². The van der Waals surface area contributed by atoms with E-state index in [1.54, 1.807) is 7.11 Å². The lowest BCUT2D eigenvalue weighted by Crippen LogP contribution is -2.31. The molecule has 1 aliphatic carbocycles. The zero-order chi connectivity index (χ0) is 23.3. The van der Waals surface area contributed by atoms with Crippen LogP contribution < -0.4 is 15.4 Å². The molecule has 0 spiro atoms. The van der Waals surface area contributed by atoms with E-state index in [2.05, 4.69) is 43.3 Å². The molecule has 1 heterocycles. The number of aromatic nitrogens is 2. The number of hydrogen-bond acceptors (Lipinski definition) is 4. The van der Waals surface area contributed by atoms with Crippen LogP contribution in [0.3, 0.4) is 0 Å². The van der Waals surface area contributed by atoms with E-state index in [4.69, 9.17) is 16.3 Å². The summed E-state index contributed by atoms with van der Waals surface area (Å²) in [5, 5.41) is 6.79. The quantitative estimate of drug-likeness (QED) is 0.491. The van der Waals surface area contributed by atoms with Gasteiger partial charge in [-0.3, -0.25) is 9.36 Å². The van der Waals surface area contributed by atoms with Gasteiger partial charge in [0, 0.05) is 30.8 Å². The molecule has 3 rings (SSSR count). The number of ether oxygens (including phenoxy) is 1. The molecule has 1 saturated carbocycles. The number of anilines is 1. The molecule has 2 aromatic rings. The van der Waals surface area contributed by atoms with Crippen LogP contribution in [0.25, 0.3) is 5.69 Å². The number of methoxy groups -OCH3 is 1. The van der Waals surface area contributed by atoms with E-state index in [0.717, 1.165) is 29.5 Å². The van der Waals surface area contributed by atoms with E-state index in [1.165, 1.54) is 25.7 Å². The smallest absolute Gasteiger partial charge is 0.273 e. The van der Waals surface area contributed by atoms with Crippen LogP contribution in [0.5, 0.6) is 5.75 Å². The Bertz CT molecular complexity index is 917. The number of imidazole rings is 1. The average molecular weight is 461 g/mol. The molecule has 1 aliphatic rings. The minimum absolute atomic E-state index is 0.207. The highest BCUT2D eigenvalue weighted by atomic mass is 35.5. The van der Waals surface area contributed by atoms with Crippen molar-refractivity contribution in [3.8, 4) is 11.4 Å². The topological polar surface area (TPSA) is 68.2 Å². The summed E-state index contributed by atoms with van der Waals surface area (Å²) in [5.74, 6) is 2.56. The fourth-order valence-corrected chi connectivity index (χ4v) is 4.68. The van der Waals surface area contributed by atoms with Gasteiger partial charge in [0.1, 0.15) is 16.7 Å². The Hall–Kier alpha value is -2.21. The molecule has 1 aromatic heterocycles. The van der Waals surface area contributed by atoms with Crippen LogP contribution in [0.2, 0.25) is 5.15 Å². The number of hydrogen-bond donors (Lipinski definition) is 2. The molecule has 2 N–H and O–H groups in total. The summed E-state index contributed by atoms with van der Waals surface area (Å²) in [4.78, 5) is 17.6. The predicted molar refractivity (Wildman–Crippen MR) is 131 cm³/mol. The van der Waals surface area contributed by atoms with Gasteiger partial charge in [-0.1, -0.05) is 38.3 Å². The van der Waals surface area contributed by atoms with Gasteiger partial charge in [-0.05, 0) is 57.1 Å². The third-order valence-corrected chi connectivity index (χ3v) is 6.49. The first-order chi connectivity index (χ1) is 15.3. The SMILES string of the molecule is CCCc1nc(C(=O)NCC2CCC(C)CC2)c(Cl)n1-c1ccc(NC(C)C)cc1OC. The molecule has 7 heteroatoms. The van der Waals surface area contributed by atoms with Crippen LogP contribution in [-0.2, 0) is 6.42 Å². The van der Waals surface area contributed by atoms with Crippen molar-refractivity contribution in [1.82, 2.24) is 14.9 Å². The minimum Gasteiger partial charge on any atom is -0.494 e. The van der Waals surface area contributed by atoms with Crippen molar-refractivity contribution in [2.24, 2.45) is 11.8 Å². The number of benzene rings is 1. The Kier molecular flexibility index (Phi) is 8.46. The second-order valence-corrected chi connectivity index (χ2v) is 9.63. The van der Waals surface area contributed by atoms with Gasteiger partial charge in [0.25, 0.3) is 5.91 Å². The molecule has 0 unspecified atom stereocenters. The van der Waals surface area contributed by atoms with Crippen LogP contribution in [0.1, 0.15) is 76.1 Å². The molecule has 0 atom stereocenters. The van der Waals surface area contributed by atoms with Crippen molar-refractivity contribution < 1.29 is 9.53 Å². The molecule has 0 aliphatic heterocycles. The standard InChI is InChI=1S/C25H37ClN4O2/c1-6-7-22-29-23(25(31)27-15-18-10-8-17(4)9-11-18)24(26)30(22)20-13-12-19(28-16(2)3)14-21(20)32-5/h12-14,16-18,28H,6-11,15H2,1-5H3,(H,27,31). The predicted octanol–water partition coefficient (Wildman–Crippen LogP) is 5.86. The van der Waals surface area contributed by atoms with E-state index >= 15 is 0 Å². The van der Waals surface area contributed by atoms with E-state index in [-0.39, 0.29) is 11.6 Å². The van der Waals surface area contributed by atoms with E-state index in [0.29, 0.717) is 35.8 Å². The lowest BCUT2D eigenvalue weighted by molar-refractivity contribution is 0.0937. The first kappa shape index (κ1) is 24.4. The molecule has 0 bridgehead atoms. The summed E-state index contributed by atoms with van der Waals surface area (Å²) >= 11 is 6.76. The zero-order valence-electron chi connectivity index (χ0n) is 20.0. The van der Waals surface area contributed by atoms with Crippen LogP contribution in [-0.4, -0.2) is 35.2 Å². The van der Waals surface area contributed by atoms with Crippen LogP contribution >= 0.6 is 11.6 Å². The number of aryl methyl sites for hydroxylation is 1. The van der Waals surface area contributed by atoms with E-state index in [9.17, 15) is 4.79 Å². The van der Waals surface area contributed by atoms with Gasteiger partial charge in [0.2, 0.25) is 0 Å². The molecule has 0 saturated heterocycles. The lowest BCUT2D eigenvalue weighted by atomic mass is 9.83. The monoisotopic (exact) mass is 460 g/mol. The third-order valence-electron chi connectivity index (χ3n) is 6.14. The third kappa shape index (κ3) is 5.77. The number of nitrogens with zero attached hydrogens (tertiary/aromatic N) is 2. The molecule has 176 valence electrons. The Morgan fingerprint density at radius 1 is 1.28 bits per heavy atom. The van der Waals surface area contributed by atoms with Gasteiger partial charge in [-0.15, -0.1) is 0 Å². The second kappa shape index (κ2) is 11.1. The van der Waals surface area contributed by atoms with Gasteiger partial charge < -0.3 is 15.4 Å². The molecule has 1 amide bonds. The van der Waals surface area contributed by atoms with Gasteiger partial charge >= 0.3 is 0 Å². The highest BCUT2D eigenvalue weighted by molar-refractivity contribution is 6.33. The molecular formula is C25H37ClN4O2. The van der Waals surface area contributed by atoms with Gasteiger partial charge in [-0.2, -0.15) is 0 Å². The summed E-state index contributed by atoms with van der Waals surface area (Å²) in [6, 6.07) is 6.21. The molecule has 32 heavy (non-hydrogen) atoms. The Balaban J connectivity index is 1.86. The van der Waals surface area contributed by atoms with Crippen LogP contribution in [0.4, 0.5) is 5.69 Å². The maximum Gasteiger partial charge on any atom is 0.273 e. The molecular weight excluding hydrogens is 424 g/mol. The van der Waals surface area contributed by atoms with Crippen molar-refractivity contribution in [2.45, 2.75) is 72.3 Å². The molecule has 1 fully saturated rings. The second-order valence-electron chi connectivity index (χ2n) is 9.27. The lowest BCUT2D eigenvalue weighted by Gasteiger charge is -2.26. The fraction of sp³-hybridized carbons (Fsp3) is 0.600. The van der Waals surface area contributed by atoms with Crippen molar-refractivity contribution in [3.05, 3.63) is 34.9 Å². The highest BCUT2D eigenvalue weighted by Gasteiger charge is 2.25. The Morgan fingerprint density at radius 3 is 2.62 bits per heavy atom. The number of halogens is 1. The molecule has 6 nitrogen and oxygen atoms in total. The number of carbonyl (C=O) groups is 1. The number of amides is 1. The highest BCUT2D eigenvalue weighted by Crippen LogP contribution is 2.33. The normalized spacial score (nSPS) is 18.6. The largest absolute Gasteiger partial charge is 0.494 e. The minimum atomic E-state index is -0.207. The molecule has 1 aromatic carbocycles. The summed E-state index contributed by atoms with van der Waals surface area (Å²) in [7, 11) is 1.64.